The summed E-state index contributed by atoms with van der Waals surface area (Å²) in [6.45, 7) is 8.56. The van der Waals surface area contributed by atoms with Crippen LogP contribution in [0.3, 0.4) is 0 Å². The summed E-state index contributed by atoms with van der Waals surface area (Å²) in [5, 5.41) is 16.7. The maximum absolute atomic E-state index is 6.07. The third kappa shape index (κ3) is 3.11. The quantitative estimate of drug-likeness (QED) is 0.933. The van der Waals surface area contributed by atoms with E-state index in [1.807, 2.05) is 16.6 Å². The Morgan fingerprint density at radius 3 is 2.79 bits per heavy atom. The topological polar surface area (TPSA) is 64.3 Å². The summed E-state index contributed by atoms with van der Waals surface area (Å²) >= 11 is 0. The van der Waals surface area contributed by atoms with E-state index in [1.165, 1.54) is 19.3 Å². The minimum Gasteiger partial charge on any atom is -0.377 e. The zero-order valence-electron chi connectivity index (χ0n) is 14.8. The van der Waals surface area contributed by atoms with E-state index in [1.54, 1.807) is 0 Å². The van der Waals surface area contributed by atoms with Crippen LogP contribution < -0.4 is 5.32 Å². The highest BCUT2D eigenvalue weighted by Gasteiger charge is 2.35. The molecule has 6 nitrogen and oxygen atoms in total. The molecule has 24 heavy (non-hydrogen) atoms. The molecule has 0 bridgehead atoms. The van der Waals surface area contributed by atoms with Gasteiger partial charge in [-0.1, -0.05) is 20.8 Å². The molecule has 2 aliphatic rings. The molecular formula is C18H27N5O. The standard InChI is InChI=1S/C18H27N5O/c1-18(2,3)16-13(5-4-10-24-16)11-19-14-8-9-15-20-21-17(12-6-7-12)23(15)22-14/h8-9,12-13,16H,4-7,10-11H2,1-3H3,(H,19,22)/t13-,16+/m0/s1. The van der Waals surface area contributed by atoms with Gasteiger partial charge in [-0.05, 0) is 43.2 Å². The van der Waals surface area contributed by atoms with Crippen LogP contribution in [0.1, 0.15) is 58.2 Å². The van der Waals surface area contributed by atoms with Crippen LogP contribution >= 0.6 is 0 Å². The molecule has 2 atom stereocenters. The molecule has 2 aromatic heterocycles. The second-order valence-corrected chi connectivity index (χ2v) is 8.26. The molecule has 1 aliphatic heterocycles. The molecule has 1 saturated heterocycles. The fraction of sp³-hybridized carbons (Fsp3) is 0.722. The smallest absolute Gasteiger partial charge is 0.178 e. The van der Waals surface area contributed by atoms with E-state index in [0.717, 1.165) is 36.9 Å². The van der Waals surface area contributed by atoms with Crippen molar-refractivity contribution in [3.63, 3.8) is 0 Å². The highest BCUT2D eigenvalue weighted by molar-refractivity contribution is 5.44. The monoisotopic (exact) mass is 329 g/mol. The van der Waals surface area contributed by atoms with E-state index < -0.39 is 0 Å². The zero-order valence-corrected chi connectivity index (χ0v) is 14.8. The number of nitrogens with zero attached hydrogens (tertiary/aromatic N) is 4. The first kappa shape index (κ1) is 15.8. The fourth-order valence-electron chi connectivity index (χ4n) is 3.74. The number of ether oxygens (including phenoxy) is 1. The minimum absolute atomic E-state index is 0.164. The molecule has 0 amide bonds. The first-order chi connectivity index (χ1) is 11.5. The molecule has 1 N–H and O–H groups in total. The van der Waals surface area contributed by atoms with Crippen molar-refractivity contribution in [2.45, 2.75) is 58.5 Å². The Kier molecular flexibility index (Phi) is 3.95. The second kappa shape index (κ2) is 5.99. The number of hydrogen-bond donors (Lipinski definition) is 1. The first-order valence-corrected chi connectivity index (χ1v) is 9.10. The van der Waals surface area contributed by atoms with E-state index in [-0.39, 0.29) is 5.41 Å². The Balaban J connectivity index is 1.48. The zero-order chi connectivity index (χ0) is 16.7. The summed E-state index contributed by atoms with van der Waals surface area (Å²) < 4.78 is 7.98. The summed E-state index contributed by atoms with van der Waals surface area (Å²) in [5.74, 6) is 2.95. The van der Waals surface area contributed by atoms with Gasteiger partial charge in [-0.3, -0.25) is 0 Å². The molecule has 0 aromatic carbocycles. The van der Waals surface area contributed by atoms with Gasteiger partial charge in [0.1, 0.15) is 5.82 Å². The molecule has 2 aromatic rings. The maximum Gasteiger partial charge on any atom is 0.178 e. The lowest BCUT2D eigenvalue weighted by atomic mass is 9.78. The molecule has 0 radical (unpaired) electrons. The lowest BCUT2D eigenvalue weighted by Gasteiger charge is -2.40. The van der Waals surface area contributed by atoms with Crippen LogP contribution in [0, 0.1) is 11.3 Å². The van der Waals surface area contributed by atoms with Gasteiger partial charge in [-0.2, -0.15) is 4.52 Å². The molecular weight excluding hydrogens is 302 g/mol. The van der Waals surface area contributed by atoms with Crippen molar-refractivity contribution in [2.75, 3.05) is 18.5 Å². The van der Waals surface area contributed by atoms with Crippen molar-refractivity contribution in [2.24, 2.45) is 11.3 Å². The highest BCUT2D eigenvalue weighted by Crippen LogP contribution is 2.38. The lowest BCUT2D eigenvalue weighted by Crippen LogP contribution is -2.42. The summed E-state index contributed by atoms with van der Waals surface area (Å²) in [4.78, 5) is 0. The van der Waals surface area contributed by atoms with Crippen molar-refractivity contribution in [3.05, 3.63) is 18.0 Å². The predicted octanol–water partition coefficient (Wildman–Crippen LogP) is 3.25. The van der Waals surface area contributed by atoms with Crippen molar-refractivity contribution in [3.8, 4) is 0 Å². The predicted molar refractivity (Wildman–Crippen MR) is 93.2 cm³/mol. The Hall–Kier alpha value is -1.69. The van der Waals surface area contributed by atoms with Crippen LogP contribution in [0.25, 0.3) is 5.65 Å². The van der Waals surface area contributed by atoms with E-state index in [9.17, 15) is 0 Å². The van der Waals surface area contributed by atoms with E-state index in [2.05, 4.69) is 36.3 Å². The summed E-state index contributed by atoms with van der Waals surface area (Å²) in [6.07, 6.45) is 5.04. The average molecular weight is 329 g/mol. The van der Waals surface area contributed by atoms with Crippen LogP contribution in [0.15, 0.2) is 12.1 Å². The van der Waals surface area contributed by atoms with Crippen molar-refractivity contribution in [1.29, 1.82) is 0 Å². The van der Waals surface area contributed by atoms with Crippen molar-refractivity contribution in [1.82, 2.24) is 19.8 Å². The highest BCUT2D eigenvalue weighted by atomic mass is 16.5. The Morgan fingerprint density at radius 2 is 2.04 bits per heavy atom. The van der Waals surface area contributed by atoms with Crippen LogP contribution in [-0.2, 0) is 4.74 Å². The first-order valence-electron chi connectivity index (χ1n) is 9.10. The van der Waals surface area contributed by atoms with Crippen LogP contribution in [0.4, 0.5) is 5.82 Å². The third-order valence-corrected chi connectivity index (χ3v) is 5.07. The normalized spacial score (nSPS) is 25.1. The number of hydrogen-bond acceptors (Lipinski definition) is 5. The Morgan fingerprint density at radius 1 is 1.21 bits per heavy atom. The van der Waals surface area contributed by atoms with Gasteiger partial charge in [0, 0.05) is 25.0 Å². The molecule has 130 valence electrons. The number of aromatic nitrogens is 4. The Labute approximate surface area is 143 Å². The third-order valence-electron chi connectivity index (χ3n) is 5.07. The number of fused-ring (bicyclic) bond motifs is 1. The van der Waals surface area contributed by atoms with E-state index in [4.69, 9.17) is 9.84 Å². The Bertz CT molecular complexity index is 716. The molecule has 0 spiro atoms. The summed E-state index contributed by atoms with van der Waals surface area (Å²) in [6, 6.07) is 3.99. The van der Waals surface area contributed by atoms with Gasteiger partial charge in [0.2, 0.25) is 0 Å². The average Bonchev–Trinajstić information content (AvgIpc) is 3.32. The molecule has 6 heteroatoms. The maximum atomic E-state index is 6.07. The van der Waals surface area contributed by atoms with Crippen LogP contribution in [0.2, 0.25) is 0 Å². The largest absolute Gasteiger partial charge is 0.377 e. The number of nitrogens with one attached hydrogen (secondary N) is 1. The summed E-state index contributed by atoms with van der Waals surface area (Å²) in [7, 11) is 0. The van der Waals surface area contributed by atoms with Crippen molar-refractivity contribution < 1.29 is 4.74 Å². The molecule has 3 heterocycles. The lowest BCUT2D eigenvalue weighted by molar-refractivity contribution is -0.0814. The van der Waals surface area contributed by atoms with Crippen LogP contribution in [-0.4, -0.2) is 39.1 Å². The van der Waals surface area contributed by atoms with Gasteiger partial charge in [-0.25, -0.2) is 0 Å². The fourth-order valence-corrected chi connectivity index (χ4v) is 3.74. The molecule has 0 unspecified atom stereocenters. The van der Waals surface area contributed by atoms with Gasteiger partial charge >= 0.3 is 0 Å². The number of rotatable bonds is 4. The SMILES string of the molecule is CC(C)(C)[C@@H]1OCCC[C@H]1CNc1ccc2nnc(C3CC3)n2n1. The summed E-state index contributed by atoms with van der Waals surface area (Å²) in [5.41, 5.74) is 0.994. The van der Waals surface area contributed by atoms with Gasteiger partial charge < -0.3 is 10.1 Å². The molecule has 2 fully saturated rings. The minimum atomic E-state index is 0.164. The number of anilines is 1. The van der Waals surface area contributed by atoms with Gasteiger partial charge in [-0.15, -0.1) is 15.3 Å². The second-order valence-electron chi connectivity index (χ2n) is 8.26. The van der Waals surface area contributed by atoms with Crippen LogP contribution in [0.5, 0.6) is 0 Å². The molecule has 1 aliphatic carbocycles. The van der Waals surface area contributed by atoms with E-state index in [0.29, 0.717) is 17.9 Å². The van der Waals surface area contributed by atoms with E-state index >= 15 is 0 Å². The van der Waals surface area contributed by atoms with Gasteiger partial charge in [0.05, 0.1) is 6.10 Å². The van der Waals surface area contributed by atoms with Gasteiger partial charge in [0.15, 0.2) is 11.5 Å². The molecule has 1 saturated carbocycles. The van der Waals surface area contributed by atoms with Gasteiger partial charge in [0.25, 0.3) is 0 Å². The molecule has 4 rings (SSSR count). The van der Waals surface area contributed by atoms with Crippen molar-refractivity contribution >= 4 is 11.5 Å².